The molecule has 0 aliphatic carbocycles. The molecule has 6 heteroatoms. The molecule has 0 aliphatic heterocycles. The van der Waals surface area contributed by atoms with E-state index >= 15 is 0 Å². The first kappa shape index (κ1) is 19.8. The number of aromatic nitrogens is 2. The third-order valence-corrected chi connectivity index (χ3v) is 4.07. The van der Waals surface area contributed by atoms with Gasteiger partial charge in [0, 0.05) is 6.08 Å². The van der Waals surface area contributed by atoms with Crippen molar-refractivity contribution in [1.82, 2.24) is 9.97 Å². The van der Waals surface area contributed by atoms with Crippen molar-refractivity contribution >= 4 is 34.1 Å². The van der Waals surface area contributed by atoms with E-state index in [1.165, 1.54) is 0 Å². The topological polar surface area (TPSA) is 81.5 Å². The van der Waals surface area contributed by atoms with Crippen LogP contribution in [0.4, 0.5) is 0 Å². The van der Waals surface area contributed by atoms with E-state index in [2.05, 4.69) is 9.97 Å². The quantitative estimate of drug-likeness (QED) is 0.407. The van der Waals surface area contributed by atoms with Crippen molar-refractivity contribution in [2.75, 3.05) is 14.2 Å². The molecule has 1 N–H and O–H groups in total. The number of para-hydroxylation sites is 2. The molecule has 146 valence electrons. The van der Waals surface area contributed by atoms with Gasteiger partial charge in [0.05, 0.1) is 30.8 Å². The summed E-state index contributed by atoms with van der Waals surface area (Å²) in [5.41, 5.74) is 4.13. The second kappa shape index (κ2) is 9.32. The van der Waals surface area contributed by atoms with Crippen LogP contribution in [-0.4, -0.2) is 35.3 Å². The molecule has 0 fully saturated rings. The summed E-state index contributed by atoms with van der Waals surface area (Å²) in [5.74, 6) is 0.358. The minimum absolute atomic E-state index is 0.619. The number of aliphatic carboxylic acids is 1. The molecular weight excluding hydrogens is 368 g/mol. The summed E-state index contributed by atoms with van der Waals surface area (Å²) < 4.78 is 10.6. The number of carboxylic acid groups (broad SMARTS) is 1. The highest BCUT2D eigenvalue weighted by Gasteiger charge is 2.11. The summed E-state index contributed by atoms with van der Waals surface area (Å²) in [6.07, 6.45) is 2.68. The van der Waals surface area contributed by atoms with Gasteiger partial charge in [0.2, 0.25) is 0 Å². The maximum atomic E-state index is 10.1. The summed E-state index contributed by atoms with van der Waals surface area (Å²) in [5, 5.41) is 8.29. The Kier molecular flexibility index (Phi) is 6.37. The number of carbonyl (C=O) groups is 1. The van der Waals surface area contributed by atoms with Crippen molar-refractivity contribution in [2.45, 2.75) is 0 Å². The lowest BCUT2D eigenvalue weighted by molar-refractivity contribution is -0.131. The first-order chi connectivity index (χ1) is 14.1. The van der Waals surface area contributed by atoms with Gasteiger partial charge in [-0.05, 0) is 35.9 Å². The number of fused-ring (bicyclic) bond motifs is 2. The Morgan fingerprint density at radius 3 is 2.10 bits per heavy atom. The molecule has 0 unspecified atom stereocenters. The molecule has 0 atom stereocenters. The van der Waals surface area contributed by atoms with Crippen LogP contribution in [-0.2, 0) is 4.79 Å². The van der Waals surface area contributed by atoms with E-state index in [1.807, 2.05) is 66.7 Å². The standard InChI is InChI=1S/C14H12N2O2.C9H8O2/c1-17-12-8-7-11-13(14(12)18-2)16-10-6-4-3-5-9(10)15-11;10-9(11)7-6-8-4-2-1-3-5-8/h3-8H,1-2H3;1-7H,(H,10,11). The number of carboxylic acids is 1. The zero-order valence-electron chi connectivity index (χ0n) is 16.1. The van der Waals surface area contributed by atoms with Crippen LogP contribution in [0.15, 0.2) is 72.8 Å². The lowest BCUT2D eigenvalue weighted by atomic mass is 10.2. The Hall–Kier alpha value is -3.93. The van der Waals surface area contributed by atoms with Gasteiger partial charge in [-0.2, -0.15) is 0 Å². The van der Waals surface area contributed by atoms with Crippen LogP contribution < -0.4 is 9.47 Å². The normalized spacial score (nSPS) is 10.6. The molecule has 0 aliphatic rings. The van der Waals surface area contributed by atoms with E-state index in [9.17, 15) is 4.79 Å². The third kappa shape index (κ3) is 4.87. The second-order valence-electron chi connectivity index (χ2n) is 5.96. The van der Waals surface area contributed by atoms with E-state index in [-0.39, 0.29) is 0 Å². The molecule has 0 bridgehead atoms. The Bertz CT molecular complexity index is 1160. The fraction of sp³-hybridized carbons (Fsp3) is 0.0870. The van der Waals surface area contributed by atoms with Gasteiger partial charge in [0.15, 0.2) is 11.5 Å². The van der Waals surface area contributed by atoms with Gasteiger partial charge < -0.3 is 14.6 Å². The average molecular weight is 388 g/mol. The van der Waals surface area contributed by atoms with Gasteiger partial charge in [-0.3, -0.25) is 0 Å². The third-order valence-electron chi connectivity index (χ3n) is 4.07. The Morgan fingerprint density at radius 2 is 1.48 bits per heavy atom. The summed E-state index contributed by atoms with van der Waals surface area (Å²) in [7, 11) is 3.21. The van der Waals surface area contributed by atoms with Crippen LogP contribution >= 0.6 is 0 Å². The molecule has 29 heavy (non-hydrogen) atoms. The largest absolute Gasteiger partial charge is 0.493 e. The smallest absolute Gasteiger partial charge is 0.328 e. The molecule has 1 heterocycles. The number of nitrogens with zero attached hydrogens (tertiary/aromatic N) is 2. The van der Waals surface area contributed by atoms with Gasteiger partial charge in [-0.15, -0.1) is 0 Å². The molecule has 6 nitrogen and oxygen atoms in total. The molecule has 3 aromatic carbocycles. The first-order valence-electron chi connectivity index (χ1n) is 8.86. The number of ether oxygens (including phenoxy) is 2. The van der Waals surface area contributed by atoms with Crippen LogP contribution in [0.5, 0.6) is 11.5 Å². The lowest BCUT2D eigenvalue weighted by Crippen LogP contribution is -1.95. The molecule has 4 aromatic rings. The highest BCUT2D eigenvalue weighted by molar-refractivity contribution is 5.91. The number of hydrogen-bond acceptors (Lipinski definition) is 5. The molecule has 4 rings (SSSR count). The monoisotopic (exact) mass is 388 g/mol. The molecule has 0 amide bonds. The first-order valence-corrected chi connectivity index (χ1v) is 8.86. The van der Waals surface area contributed by atoms with E-state index in [1.54, 1.807) is 20.3 Å². The van der Waals surface area contributed by atoms with Gasteiger partial charge in [-0.1, -0.05) is 42.5 Å². The average Bonchev–Trinajstić information content (AvgIpc) is 2.76. The van der Waals surface area contributed by atoms with Crippen molar-refractivity contribution in [3.8, 4) is 11.5 Å². The van der Waals surface area contributed by atoms with Crippen molar-refractivity contribution in [2.24, 2.45) is 0 Å². The van der Waals surface area contributed by atoms with Crippen molar-refractivity contribution in [3.63, 3.8) is 0 Å². The fourth-order valence-electron chi connectivity index (χ4n) is 2.73. The Labute approximate surface area is 168 Å². The molecule has 0 saturated heterocycles. The fourth-order valence-corrected chi connectivity index (χ4v) is 2.73. The summed E-state index contributed by atoms with van der Waals surface area (Å²) >= 11 is 0. The van der Waals surface area contributed by atoms with Gasteiger partial charge >= 0.3 is 5.97 Å². The predicted octanol–water partition coefficient (Wildman–Crippen LogP) is 4.58. The maximum Gasteiger partial charge on any atom is 0.328 e. The SMILES string of the molecule is COc1ccc2nc3ccccc3nc2c1OC.O=C(O)C=Cc1ccccc1. The number of methoxy groups -OCH3 is 2. The Morgan fingerprint density at radius 1 is 0.828 bits per heavy atom. The Balaban J connectivity index is 0.000000188. The van der Waals surface area contributed by atoms with Crippen molar-refractivity contribution in [1.29, 1.82) is 0 Å². The number of benzene rings is 3. The maximum absolute atomic E-state index is 10.1. The van der Waals surface area contributed by atoms with E-state index in [0.717, 1.165) is 33.7 Å². The zero-order valence-corrected chi connectivity index (χ0v) is 16.1. The number of hydrogen-bond donors (Lipinski definition) is 1. The lowest BCUT2D eigenvalue weighted by Gasteiger charge is -2.10. The van der Waals surface area contributed by atoms with Crippen molar-refractivity contribution < 1.29 is 19.4 Å². The van der Waals surface area contributed by atoms with Crippen molar-refractivity contribution in [3.05, 3.63) is 78.4 Å². The van der Waals surface area contributed by atoms with E-state index in [4.69, 9.17) is 14.6 Å². The minimum atomic E-state index is -0.922. The highest BCUT2D eigenvalue weighted by atomic mass is 16.5. The second-order valence-corrected chi connectivity index (χ2v) is 5.96. The minimum Gasteiger partial charge on any atom is -0.493 e. The van der Waals surface area contributed by atoms with Crippen LogP contribution in [0, 0.1) is 0 Å². The van der Waals surface area contributed by atoms with Crippen LogP contribution in [0.2, 0.25) is 0 Å². The zero-order chi connectivity index (χ0) is 20.6. The molecule has 0 saturated carbocycles. The summed E-state index contributed by atoms with van der Waals surface area (Å²) in [6, 6.07) is 20.8. The van der Waals surface area contributed by atoms with Crippen LogP contribution in [0.25, 0.3) is 28.1 Å². The van der Waals surface area contributed by atoms with Gasteiger partial charge in [-0.25, -0.2) is 14.8 Å². The van der Waals surface area contributed by atoms with Gasteiger partial charge in [0.1, 0.15) is 5.52 Å². The summed E-state index contributed by atoms with van der Waals surface area (Å²) in [4.78, 5) is 19.2. The summed E-state index contributed by atoms with van der Waals surface area (Å²) in [6.45, 7) is 0. The van der Waals surface area contributed by atoms with E-state index in [0.29, 0.717) is 11.5 Å². The van der Waals surface area contributed by atoms with Crippen LogP contribution in [0.3, 0.4) is 0 Å². The molecule has 0 spiro atoms. The van der Waals surface area contributed by atoms with Crippen LogP contribution in [0.1, 0.15) is 5.56 Å². The molecule has 0 radical (unpaired) electrons. The van der Waals surface area contributed by atoms with E-state index < -0.39 is 5.97 Å². The predicted molar refractivity (Wildman–Crippen MR) is 113 cm³/mol. The molecular formula is C23H20N2O4. The molecule has 1 aromatic heterocycles. The number of rotatable bonds is 4. The highest BCUT2D eigenvalue weighted by Crippen LogP contribution is 2.34. The van der Waals surface area contributed by atoms with Gasteiger partial charge in [0.25, 0.3) is 0 Å².